The van der Waals surface area contributed by atoms with Gasteiger partial charge >= 0.3 is 12.1 Å². The van der Waals surface area contributed by atoms with Crippen LogP contribution in [-0.4, -0.2) is 35.7 Å². The van der Waals surface area contributed by atoms with E-state index >= 15 is 0 Å². The smallest absolute Gasteiger partial charge is 0.329 e. The monoisotopic (exact) mass is 369 g/mol. The summed E-state index contributed by atoms with van der Waals surface area (Å²) in [4.78, 5) is 4.34. The highest BCUT2D eigenvalue weighted by atomic mass is 32.2. The number of sulfonamides is 1. The van der Waals surface area contributed by atoms with Gasteiger partial charge in [0.25, 0.3) is 0 Å². The second kappa shape index (κ2) is 6.57. The predicted molar refractivity (Wildman–Crippen MR) is 78.2 cm³/mol. The van der Waals surface area contributed by atoms with E-state index in [0.717, 1.165) is 11.3 Å². The summed E-state index contributed by atoms with van der Waals surface area (Å²) >= 11 is 1.11. The van der Waals surface area contributed by atoms with Gasteiger partial charge in [-0.2, -0.15) is 22.5 Å². The van der Waals surface area contributed by atoms with Gasteiger partial charge in [-0.15, -0.1) is 11.3 Å². The van der Waals surface area contributed by atoms with Gasteiger partial charge in [-0.25, -0.2) is 8.42 Å². The molecule has 2 heterocycles. The van der Waals surface area contributed by atoms with Crippen molar-refractivity contribution in [1.82, 2.24) is 14.4 Å². The standard InChI is InChI=1S/C12H14F3N3O3S2/c1-3-6-23(19,20)18(2)7-8-4-5-9(22-8)10-16-11(21-17-10)12(13,14)15/h4-5H,3,6-7H2,1-2H3. The minimum atomic E-state index is -4.69. The SMILES string of the molecule is CCCS(=O)(=O)N(C)Cc1ccc(-c2noc(C(F)(F)F)n2)s1. The zero-order valence-corrected chi connectivity index (χ0v) is 13.9. The third kappa shape index (κ3) is 4.30. The molecule has 23 heavy (non-hydrogen) atoms. The first-order valence-corrected chi connectivity index (χ1v) is 9.00. The molecule has 0 unspecified atom stereocenters. The van der Waals surface area contributed by atoms with Crippen LogP contribution in [0.25, 0.3) is 10.7 Å². The van der Waals surface area contributed by atoms with E-state index in [1.807, 2.05) is 0 Å². The highest BCUT2D eigenvalue weighted by Crippen LogP contribution is 2.32. The fraction of sp³-hybridized carbons (Fsp3) is 0.500. The van der Waals surface area contributed by atoms with Crippen LogP contribution in [0.3, 0.4) is 0 Å². The number of alkyl halides is 3. The molecular formula is C12H14F3N3O3S2. The summed E-state index contributed by atoms with van der Waals surface area (Å²) in [5.74, 6) is -1.54. The molecule has 0 aliphatic heterocycles. The Hall–Kier alpha value is -1.46. The van der Waals surface area contributed by atoms with Gasteiger partial charge < -0.3 is 4.52 Å². The lowest BCUT2D eigenvalue weighted by molar-refractivity contribution is -0.159. The van der Waals surface area contributed by atoms with Crippen LogP contribution in [0.4, 0.5) is 13.2 Å². The summed E-state index contributed by atoms with van der Waals surface area (Å²) in [7, 11) is -1.88. The largest absolute Gasteiger partial charge is 0.471 e. The quantitative estimate of drug-likeness (QED) is 0.782. The lowest BCUT2D eigenvalue weighted by Crippen LogP contribution is -2.28. The molecule has 0 N–H and O–H groups in total. The Morgan fingerprint density at radius 2 is 2.04 bits per heavy atom. The molecule has 0 amide bonds. The number of thiophene rings is 1. The Morgan fingerprint density at radius 3 is 2.61 bits per heavy atom. The minimum Gasteiger partial charge on any atom is -0.329 e. The molecule has 128 valence electrons. The van der Waals surface area contributed by atoms with Crippen molar-refractivity contribution < 1.29 is 26.1 Å². The molecule has 0 bridgehead atoms. The van der Waals surface area contributed by atoms with Gasteiger partial charge in [0.15, 0.2) is 0 Å². The van der Waals surface area contributed by atoms with Crippen molar-refractivity contribution in [3.05, 3.63) is 22.9 Å². The molecule has 0 saturated carbocycles. The van der Waals surface area contributed by atoms with Crippen molar-refractivity contribution >= 4 is 21.4 Å². The average Bonchev–Trinajstić information content (AvgIpc) is 3.05. The molecule has 0 aromatic carbocycles. The third-order valence-corrected chi connectivity index (χ3v) is 5.93. The summed E-state index contributed by atoms with van der Waals surface area (Å²) < 4.78 is 66.5. The van der Waals surface area contributed by atoms with Crippen LogP contribution in [-0.2, 0) is 22.7 Å². The molecule has 11 heteroatoms. The normalized spacial score (nSPS) is 13.0. The number of hydrogen-bond donors (Lipinski definition) is 0. The Balaban J connectivity index is 2.14. The molecule has 0 saturated heterocycles. The number of aromatic nitrogens is 2. The Morgan fingerprint density at radius 1 is 1.35 bits per heavy atom. The average molecular weight is 369 g/mol. The fourth-order valence-corrected chi connectivity index (χ4v) is 3.99. The van der Waals surface area contributed by atoms with Crippen LogP contribution in [0.2, 0.25) is 0 Å². The first-order chi connectivity index (χ1) is 10.6. The van der Waals surface area contributed by atoms with Crippen molar-refractivity contribution in [3.63, 3.8) is 0 Å². The fourth-order valence-electron chi connectivity index (χ4n) is 1.75. The molecule has 2 aromatic heterocycles. The molecule has 0 atom stereocenters. The molecule has 0 fully saturated rings. The maximum Gasteiger partial charge on any atom is 0.471 e. The highest BCUT2D eigenvalue weighted by molar-refractivity contribution is 7.89. The lowest BCUT2D eigenvalue weighted by Gasteiger charge is -2.15. The molecular weight excluding hydrogens is 355 g/mol. The maximum atomic E-state index is 12.4. The first-order valence-electron chi connectivity index (χ1n) is 6.57. The summed E-state index contributed by atoms with van der Waals surface area (Å²) in [5, 5.41) is 3.30. The van der Waals surface area contributed by atoms with Crippen molar-refractivity contribution in [1.29, 1.82) is 0 Å². The Bertz CT molecular complexity index is 768. The lowest BCUT2D eigenvalue weighted by atomic mass is 10.4. The number of nitrogens with zero attached hydrogens (tertiary/aromatic N) is 3. The zero-order chi connectivity index (χ0) is 17.3. The van der Waals surface area contributed by atoms with Gasteiger partial charge in [-0.05, 0) is 18.6 Å². The zero-order valence-electron chi connectivity index (χ0n) is 12.3. The van der Waals surface area contributed by atoms with Crippen molar-refractivity contribution in [2.45, 2.75) is 26.1 Å². The van der Waals surface area contributed by atoms with E-state index < -0.39 is 22.1 Å². The molecule has 2 rings (SSSR count). The highest BCUT2D eigenvalue weighted by Gasteiger charge is 2.38. The molecule has 0 spiro atoms. The van der Waals surface area contributed by atoms with Gasteiger partial charge in [0.05, 0.1) is 10.6 Å². The van der Waals surface area contributed by atoms with E-state index in [0.29, 0.717) is 16.2 Å². The van der Waals surface area contributed by atoms with Gasteiger partial charge in [0.1, 0.15) is 0 Å². The van der Waals surface area contributed by atoms with E-state index in [-0.39, 0.29) is 18.1 Å². The van der Waals surface area contributed by atoms with Gasteiger partial charge in [0.2, 0.25) is 15.8 Å². The molecule has 6 nitrogen and oxygen atoms in total. The topological polar surface area (TPSA) is 76.3 Å². The molecule has 0 aliphatic carbocycles. The van der Waals surface area contributed by atoms with E-state index in [1.54, 1.807) is 13.0 Å². The van der Waals surface area contributed by atoms with Crippen LogP contribution in [0.5, 0.6) is 0 Å². The van der Waals surface area contributed by atoms with Crippen molar-refractivity contribution in [2.24, 2.45) is 0 Å². The summed E-state index contributed by atoms with van der Waals surface area (Å²) in [5.41, 5.74) is 0. The second-order valence-electron chi connectivity index (χ2n) is 4.76. The number of hydrogen-bond acceptors (Lipinski definition) is 6. The minimum absolute atomic E-state index is 0.0432. The van der Waals surface area contributed by atoms with Crippen LogP contribution in [0.1, 0.15) is 24.1 Å². The van der Waals surface area contributed by atoms with Gasteiger partial charge in [-0.1, -0.05) is 12.1 Å². The van der Waals surface area contributed by atoms with Crippen molar-refractivity contribution in [2.75, 3.05) is 12.8 Å². The Labute approximate surface area is 135 Å². The summed E-state index contributed by atoms with van der Waals surface area (Å²) in [6.45, 7) is 1.90. The maximum absolute atomic E-state index is 12.4. The van der Waals surface area contributed by atoms with Gasteiger partial charge in [-0.3, -0.25) is 0 Å². The third-order valence-electron chi connectivity index (χ3n) is 2.87. The number of halogens is 3. The van der Waals surface area contributed by atoms with Crippen LogP contribution < -0.4 is 0 Å². The molecule has 0 radical (unpaired) electrons. The van der Waals surface area contributed by atoms with Crippen molar-refractivity contribution in [3.8, 4) is 10.7 Å². The summed E-state index contributed by atoms with van der Waals surface area (Å²) in [6, 6.07) is 3.16. The van der Waals surface area contributed by atoms with E-state index in [2.05, 4.69) is 14.7 Å². The van der Waals surface area contributed by atoms with Crippen LogP contribution >= 0.6 is 11.3 Å². The molecule has 0 aliphatic rings. The molecule has 2 aromatic rings. The second-order valence-corrected chi connectivity index (χ2v) is 8.12. The van der Waals surface area contributed by atoms with E-state index in [4.69, 9.17) is 0 Å². The van der Waals surface area contributed by atoms with E-state index in [9.17, 15) is 21.6 Å². The predicted octanol–water partition coefficient (Wildman–Crippen LogP) is 2.99. The Kier molecular flexibility index (Phi) is 5.11. The van der Waals surface area contributed by atoms with Crippen LogP contribution in [0, 0.1) is 0 Å². The first kappa shape index (κ1) is 17.9. The van der Waals surface area contributed by atoms with Crippen LogP contribution in [0.15, 0.2) is 16.7 Å². The number of rotatable bonds is 6. The summed E-state index contributed by atoms with van der Waals surface area (Å²) in [6.07, 6.45) is -4.19. The van der Waals surface area contributed by atoms with E-state index in [1.165, 1.54) is 17.4 Å². The van der Waals surface area contributed by atoms with Gasteiger partial charge in [0, 0.05) is 18.5 Å².